The maximum absolute atomic E-state index is 11.9. The second-order valence-electron chi connectivity index (χ2n) is 5.61. The van der Waals surface area contributed by atoms with Crippen molar-refractivity contribution in [1.29, 1.82) is 0 Å². The van der Waals surface area contributed by atoms with Crippen LogP contribution in [-0.4, -0.2) is 33.4 Å². The van der Waals surface area contributed by atoms with Gasteiger partial charge in [0.2, 0.25) is 5.91 Å². The van der Waals surface area contributed by atoms with E-state index in [1.165, 1.54) is 13.2 Å². The highest BCUT2D eigenvalue weighted by Gasteiger charge is 2.21. The van der Waals surface area contributed by atoms with Crippen molar-refractivity contribution in [3.05, 3.63) is 29.8 Å². The van der Waals surface area contributed by atoms with Crippen LogP contribution in [0.4, 0.5) is 0 Å². The van der Waals surface area contributed by atoms with Crippen LogP contribution in [0.1, 0.15) is 25.8 Å². The molecule has 1 aliphatic rings. The minimum atomic E-state index is -3.39. The molecule has 0 saturated carbocycles. The fourth-order valence-corrected chi connectivity index (χ4v) is 3.32. The van der Waals surface area contributed by atoms with Gasteiger partial charge in [0.15, 0.2) is 9.84 Å². The van der Waals surface area contributed by atoms with E-state index in [9.17, 15) is 13.2 Å². The van der Waals surface area contributed by atoms with Crippen LogP contribution in [0.2, 0.25) is 0 Å². The normalized spacial score (nSPS) is 19.1. The first-order chi connectivity index (χ1) is 10.7. The number of amides is 1. The number of carbonyl (C=O) groups is 1. The number of benzene rings is 1. The third-order valence-corrected chi connectivity index (χ3v) is 4.80. The van der Waals surface area contributed by atoms with Crippen molar-refractivity contribution in [3.8, 4) is 5.75 Å². The average molecular weight is 336 g/mol. The number of hydrogen-bond acceptors (Lipinski definition) is 5. The highest BCUT2D eigenvalue weighted by molar-refractivity contribution is 7.90. The third kappa shape index (κ3) is 3.79. The Morgan fingerprint density at radius 1 is 1.43 bits per heavy atom. The van der Waals surface area contributed by atoms with E-state index in [0.29, 0.717) is 17.7 Å². The maximum Gasteiger partial charge on any atom is 0.240 e. The van der Waals surface area contributed by atoms with E-state index in [4.69, 9.17) is 4.74 Å². The zero-order valence-corrected chi connectivity index (χ0v) is 14.4. The molecule has 1 heterocycles. The Bertz CT molecular complexity index is 794. The molecule has 1 atom stereocenters. The molecule has 0 radical (unpaired) electrons. The highest BCUT2D eigenvalue weighted by Crippen LogP contribution is 2.33. The van der Waals surface area contributed by atoms with Gasteiger partial charge < -0.3 is 4.74 Å². The lowest BCUT2D eigenvalue weighted by Crippen LogP contribution is -2.30. The molecule has 0 bridgehead atoms. The predicted octanol–water partition coefficient (Wildman–Crippen LogP) is 2.01. The van der Waals surface area contributed by atoms with Crippen molar-refractivity contribution in [3.63, 3.8) is 0 Å². The van der Waals surface area contributed by atoms with Crippen molar-refractivity contribution in [2.24, 2.45) is 11.0 Å². The number of carbonyl (C=O) groups excluding carboxylic acids is 1. The number of para-hydroxylation sites is 1. The molecular formula is C16H20N2O4S. The second kappa shape index (κ2) is 6.54. The van der Waals surface area contributed by atoms with Crippen LogP contribution in [0.15, 0.2) is 34.3 Å². The largest absolute Gasteiger partial charge is 0.495 e. The first kappa shape index (κ1) is 17.2. The van der Waals surface area contributed by atoms with Gasteiger partial charge in [-0.2, -0.15) is 5.10 Å². The van der Waals surface area contributed by atoms with E-state index >= 15 is 0 Å². The van der Waals surface area contributed by atoms with Crippen molar-refractivity contribution in [2.75, 3.05) is 13.4 Å². The summed E-state index contributed by atoms with van der Waals surface area (Å²) in [4.78, 5) is 11.5. The summed E-state index contributed by atoms with van der Waals surface area (Å²) < 4.78 is 29.1. The number of sulfone groups is 1. The van der Waals surface area contributed by atoms with Gasteiger partial charge in [-0.25, -0.2) is 13.8 Å². The highest BCUT2D eigenvalue weighted by atomic mass is 32.2. The fraction of sp³-hybridized carbons (Fsp3) is 0.375. The van der Waals surface area contributed by atoms with Gasteiger partial charge in [0.25, 0.3) is 0 Å². The van der Waals surface area contributed by atoms with E-state index in [2.05, 4.69) is 10.5 Å². The number of ether oxygens (including phenoxy) is 1. The van der Waals surface area contributed by atoms with E-state index in [1.807, 2.05) is 19.9 Å². The topological polar surface area (TPSA) is 84.8 Å². The van der Waals surface area contributed by atoms with Gasteiger partial charge in [0.1, 0.15) is 10.6 Å². The first-order valence-corrected chi connectivity index (χ1v) is 9.05. The number of allylic oxidation sites excluding steroid dienone is 2. The van der Waals surface area contributed by atoms with Gasteiger partial charge >= 0.3 is 0 Å². The van der Waals surface area contributed by atoms with Crippen molar-refractivity contribution < 1.29 is 17.9 Å². The lowest BCUT2D eigenvalue weighted by atomic mass is 9.96. The lowest BCUT2D eigenvalue weighted by Gasteiger charge is -2.18. The Morgan fingerprint density at radius 2 is 2.13 bits per heavy atom. The average Bonchev–Trinajstić information content (AvgIpc) is 2.48. The standard InChI is InChI=1S/C16H20N2O4S/c1-10(8-13-11(2)9-15(19)18-17-13)12-6-5-7-14(16(12)22-3)23(4,20)21/h5-8,11H,9H2,1-4H3,(H,18,19). The molecule has 7 heteroatoms. The zero-order chi connectivity index (χ0) is 17.2. The van der Waals surface area contributed by atoms with Gasteiger partial charge in [0.05, 0.1) is 12.8 Å². The van der Waals surface area contributed by atoms with Crippen LogP contribution in [0.3, 0.4) is 0 Å². The number of hydrazone groups is 1. The molecule has 0 saturated heterocycles. The molecule has 6 nitrogen and oxygen atoms in total. The second-order valence-corrected chi connectivity index (χ2v) is 7.60. The summed E-state index contributed by atoms with van der Waals surface area (Å²) in [6.45, 7) is 3.78. The number of rotatable bonds is 4. The molecule has 124 valence electrons. The van der Waals surface area contributed by atoms with Gasteiger partial charge in [-0.15, -0.1) is 0 Å². The van der Waals surface area contributed by atoms with Gasteiger partial charge in [-0.3, -0.25) is 4.79 Å². The fourth-order valence-electron chi connectivity index (χ4n) is 2.47. The van der Waals surface area contributed by atoms with E-state index in [-0.39, 0.29) is 16.7 Å². The molecule has 0 spiro atoms. The summed E-state index contributed by atoms with van der Waals surface area (Å²) in [5.41, 5.74) is 4.70. The van der Waals surface area contributed by atoms with Crippen LogP contribution in [0.5, 0.6) is 5.75 Å². The maximum atomic E-state index is 11.9. The van der Waals surface area contributed by atoms with Crippen molar-refractivity contribution >= 4 is 27.0 Å². The zero-order valence-electron chi connectivity index (χ0n) is 13.6. The Morgan fingerprint density at radius 3 is 2.70 bits per heavy atom. The van der Waals surface area contributed by atoms with E-state index in [1.54, 1.807) is 12.1 Å². The van der Waals surface area contributed by atoms with Crippen LogP contribution < -0.4 is 10.2 Å². The monoisotopic (exact) mass is 336 g/mol. The van der Waals surface area contributed by atoms with E-state index < -0.39 is 9.84 Å². The number of hydrogen-bond donors (Lipinski definition) is 1. The quantitative estimate of drug-likeness (QED) is 0.911. The summed E-state index contributed by atoms with van der Waals surface area (Å²) in [7, 11) is -1.95. The predicted molar refractivity (Wildman–Crippen MR) is 89.1 cm³/mol. The Hall–Kier alpha value is -2.15. The minimum Gasteiger partial charge on any atom is -0.495 e. The van der Waals surface area contributed by atoms with Crippen LogP contribution in [-0.2, 0) is 14.6 Å². The molecule has 1 aromatic carbocycles. The number of nitrogens with one attached hydrogen (secondary N) is 1. The van der Waals surface area contributed by atoms with Crippen LogP contribution in [0, 0.1) is 5.92 Å². The Labute approximate surface area is 136 Å². The molecule has 1 aliphatic heterocycles. The SMILES string of the molecule is COc1c(C(C)=CC2=NNC(=O)CC2C)cccc1S(C)(=O)=O. The van der Waals surface area contributed by atoms with Crippen molar-refractivity contribution in [2.45, 2.75) is 25.2 Å². The number of nitrogens with zero attached hydrogens (tertiary/aromatic N) is 1. The molecule has 2 rings (SSSR count). The summed E-state index contributed by atoms with van der Waals surface area (Å²) in [6.07, 6.45) is 3.37. The van der Waals surface area contributed by atoms with Crippen molar-refractivity contribution in [1.82, 2.24) is 5.43 Å². The van der Waals surface area contributed by atoms with E-state index in [0.717, 1.165) is 17.5 Å². The molecule has 0 aromatic heterocycles. The summed E-state index contributed by atoms with van der Waals surface area (Å²) in [5, 5.41) is 4.07. The molecule has 0 aliphatic carbocycles. The molecule has 1 amide bonds. The molecule has 1 unspecified atom stereocenters. The van der Waals surface area contributed by atoms with Crippen LogP contribution in [0.25, 0.3) is 5.57 Å². The van der Waals surface area contributed by atoms with Gasteiger partial charge in [0, 0.05) is 24.2 Å². The molecule has 23 heavy (non-hydrogen) atoms. The third-order valence-electron chi connectivity index (χ3n) is 3.68. The Kier molecular flexibility index (Phi) is 4.89. The molecular weight excluding hydrogens is 316 g/mol. The summed E-state index contributed by atoms with van der Waals surface area (Å²) in [5.74, 6) is 0.212. The Balaban J connectivity index is 2.50. The molecule has 1 aromatic rings. The lowest BCUT2D eigenvalue weighted by molar-refractivity contribution is -0.121. The summed E-state index contributed by atoms with van der Waals surface area (Å²) >= 11 is 0. The minimum absolute atomic E-state index is 0.00258. The van der Waals surface area contributed by atoms with Gasteiger partial charge in [-0.1, -0.05) is 19.1 Å². The number of methoxy groups -OCH3 is 1. The first-order valence-electron chi connectivity index (χ1n) is 7.16. The summed E-state index contributed by atoms with van der Waals surface area (Å²) in [6, 6.07) is 5.00. The van der Waals surface area contributed by atoms with Crippen LogP contribution >= 0.6 is 0 Å². The molecule has 1 N–H and O–H groups in total. The smallest absolute Gasteiger partial charge is 0.240 e. The molecule has 0 fully saturated rings. The van der Waals surface area contributed by atoms with Gasteiger partial charge in [-0.05, 0) is 24.6 Å².